The molecular formula is C11H9NO2. The Morgan fingerprint density at radius 2 is 2.21 bits per heavy atom. The highest BCUT2D eigenvalue weighted by Gasteiger charge is 2.18. The van der Waals surface area contributed by atoms with Crippen LogP contribution in [0.5, 0.6) is 0 Å². The van der Waals surface area contributed by atoms with Crippen molar-refractivity contribution in [2.24, 2.45) is 0 Å². The maximum absolute atomic E-state index is 11.2. The zero-order valence-electron chi connectivity index (χ0n) is 7.70. The van der Waals surface area contributed by atoms with Gasteiger partial charge in [0.25, 0.3) is 0 Å². The van der Waals surface area contributed by atoms with Gasteiger partial charge < -0.3 is 10.5 Å². The van der Waals surface area contributed by atoms with Crippen molar-refractivity contribution in [2.45, 2.75) is 5.92 Å². The Morgan fingerprint density at radius 3 is 2.79 bits per heavy atom. The summed E-state index contributed by atoms with van der Waals surface area (Å²) in [6.45, 7) is 0. The summed E-state index contributed by atoms with van der Waals surface area (Å²) in [7, 11) is 1.35. The van der Waals surface area contributed by atoms with E-state index in [4.69, 9.17) is 5.73 Å². The van der Waals surface area contributed by atoms with Crippen molar-refractivity contribution in [3.63, 3.8) is 0 Å². The number of benzene rings is 1. The summed E-state index contributed by atoms with van der Waals surface area (Å²) in [5.41, 5.74) is 7.77. The first-order valence-electron chi connectivity index (χ1n) is 4.21. The first kappa shape index (κ1) is 8.64. The van der Waals surface area contributed by atoms with Crippen LogP contribution in [0, 0.1) is 11.8 Å². The van der Waals surface area contributed by atoms with E-state index in [1.807, 2.05) is 0 Å². The molecule has 0 saturated heterocycles. The van der Waals surface area contributed by atoms with Gasteiger partial charge in [-0.15, -0.1) is 0 Å². The number of carbonyl (C=O) groups is 1. The van der Waals surface area contributed by atoms with Gasteiger partial charge in [-0.2, -0.15) is 0 Å². The fraction of sp³-hybridized carbons (Fsp3) is 0.182. The van der Waals surface area contributed by atoms with E-state index in [9.17, 15) is 4.79 Å². The number of hydrogen-bond donors (Lipinski definition) is 1. The van der Waals surface area contributed by atoms with Gasteiger partial charge in [-0.05, 0) is 18.2 Å². The molecule has 0 heterocycles. The Morgan fingerprint density at radius 1 is 1.50 bits per heavy atom. The predicted octanol–water partition coefficient (Wildman–Crippen LogP) is 1.16. The fourth-order valence-electron chi connectivity index (χ4n) is 1.27. The van der Waals surface area contributed by atoms with Crippen molar-refractivity contribution in [1.82, 2.24) is 0 Å². The highest BCUT2D eigenvalue weighted by Crippen LogP contribution is 2.28. The molecule has 0 bridgehead atoms. The number of esters is 1. The lowest BCUT2D eigenvalue weighted by atomic mass is 10.0. The average molecular weight is 187 g/mol. The quantitative estimate of drug-likeness (QED) is 0.429. The van der Waals surface area contributed by atoms with Crippen LogP contribution < -0.4 is 5.73 Å². The van der Waals surface area contributed by atoms with Gasteiger partial charge in [0.2, 0.25) is 0 Å². The van der Waals surface area contributed by atoms with E-state index in [0.29, 0.717) is 11.3 Å². The number of methoxy groups -OCH3 is 1. The minimum Gasteiger partial charge on any atom is -0.465 e. The van der Waals surface area contributed by atoms with Crippen LogP contribution in [0.15, 0.2) is 18.2 Å². The number of ether oxygens (including phenoxy) is 1. The Labute approximate surface area is 81.9 Å². The normalized spacial score (nSPS) is 12.9. The Balaban J connectivity index is 2.35. The molecule has 1 aliphatic carbocycles. The fourth-order valence-corrected chi connectivity index (χ4v) is 1.27. The summed E-state index contributed by atoms with van der Waals surface area (Å²) < 4.78 is 4.61. The number of nitrogens with two attached hydrogens (primary N) is 1. The van der Waals surface area contributed by atoms with Crippen molar-refractivity contribution in [1.29, 1.82) is 0 Å². The third kappa shape index (κ3) is 1.42. The average Bonchev–Trinajstić information content (AvgIpc) is 3.01. The van der Waals surface area contributed by atoms with Crippen LogP contribution in [0.3, 0.4) is 0 Å². The topological polar surface area (TPSA) is 52.3 Å². The Bertz CT molecular complexity index is 446. The molecule has 0 saturated carbocycles. The van der Waals surface area contributed by atoms with Crippen LogP contribution in [-0.2, 0) is 4.74 Å². The highest BCUT2D eigenvalue weighted by molar-refractivity contribution is 5.90. The van der Waals surface area contributed by atoms with Crippen LogP contribution in [0.4, 0.5) is 5.69 Å². The summed E-state index contributed by atoms with van der Waals surface area (Å²) >= 11 is 0. The van der Waals surface area contributed by atoms with E-state index in [2.05, 4.69) is 16.6 Å². The van der Waals surface area contributed by atoms with Crippen LogP contribution in [0.25, 0.3) is 0 Å². The molecule has 3 nitrogen and oxygen atoms in total. The van der Waals surface area contributed by atoms with E-state index in [1.54, 1.807) is 18.2 Å². The molecule has 2 N–H and O–H groups in total. The molecule has 1 aromatic rings. The standard InChI is InChI=1S/C11H9NO2/c1-14-11(13)8-4-5-10(12)9(6-8)7-2-3-7/h4-7H,12H2,1H3. The molecule has 0 aliphatic heterocycles. The zero-order chi connectivity index (χ0) is 10.1. The molecule has 70 valence electrons. The van der Waals surface area contributed by atoms with Crippen LogP contribution in [0.1, 0.15) is 21.8 Å². The molecule has 0 fully saturated rings. The van der Waals surface area contributed by atoms with Gasteiger partial charge in [-0.3, -0.25) is 0 Å². The lowest BCUT2D eigenvalue weighted by Crippen LogP contribution is -2.03. The molecule has 0 spiro atoms. The maximum atomic E-state index is 11.2. The number of nitrogen functional groups attached to an aromatic ring is 1. The highest BCUT2D eigenvalue weighted by atomic mass is 16.5. The molecule has 2 rings (SSSR count). The van der Waals surface area contributed by atoms with E-state index in [1.165, 1.54) is 7.11 Å². The SMILES string of the molecule is COC(=O)c1ccc(N)c(C2C#C2)c1. The molecule has 14 heavy (non-hydrogen) atoms. The summed E-state index contributed by atoms with van der Waals surface area (Å²) in [5, 5.41) is 0. The first-order chi connectivity index (χ1) is 6.72. The van der Waals surface area contributed by atoms with Gasteiger partial charge in [-0.25, -0.2) is 4.79 Å². The van der Waals surface area contributed by atoms with E-state index in [-0.39, 0.29) is 11.9 Å². The summed E-state index contributed by atoms with van der Waals surface area (Å²) in [6, 6.07) is 5.06. The zero-order valence-corrected chi connectivity index (χ0v) is 7.70. The van der Waals surface area contributed by atoms with Crippen molar-refractivity contribution in [3.8, 4) is 11.8 Å². The monoisotopic (exact) mass is 187 g/mol. The molecule has 0 aromatic heterocycles. The summed E-state index contributed by atoms with van der Waals surface area (Å²) in [6.07, 6.45) is 0. The molecule has 0 unspecified atom stereocenters. The lowest BCUT2D eigenvalue weighted by molar-refractivity contribution is 0.0600. The molecule has 0 atom stereocenters. The van der Waals surface area contributed by atoms with E-state index in [0.717, 1.165) is 5.56 Å². The summed E-state index contributed by atoms with van der Waals surface area (Å²) in [5.74, 6) is 5.49. The molecular weight excluding hydrogens is 178 g/mol. The van der Waals surface area contributed by atoms with Crippen molar-refractivity contribution >= 4 is 11.7 Å². The first-order valence-corrected chi connectivity index (χ1v) is 4.21. The smallest absolute Gasteiger partial charge is 0.337 e. The predicted molar refractivity (Wildman–Crippen MR) is 52.7 cm³/mol. The number of hydrogen-bond acceptors (Lipinski definition) is 3. The van der Waals surface area contributed by atoms with Gasteiger partial charge in [0, 0.05) is 11.3 Å². The van der Waals surface area contributed by atoms with Crippen molar-refractivity contribution in [2.75, 3.05) is 12.8 Å². The minimum absolute atomic E-state index is 0.0552. The van der Waals surface area contributed by atoms with E-state index < -0.39 is 0 Å². The second-order valence-corrected chi connectivity index (χ2v) is 3.06. The third-order valence-electron chi connectivity index (χ3n) is 2.11. The molecule has 1 aromatic carbocycles. The second kappa shape index (κ2) is 3.08. The minimum atomic E-state index is -0.355. The van der Waals surface area contributed by atoms with Gasteiger partial charge in [-0.1, -0.05) is 11.8 Å². The van der Waals surface area contributed by atoms with Crippen LogP contribution in [0.2, 0.25) is 0 Å². The van der Waals surface area contributed by atoms with E-state index >= 15 is 0 Å². The largest absolute Gasteiger partial charge is 0.465 e. The lowest BCUT2D eigenvalue weighted by Gasteiger charge is -2.05. The van der Waals surface area contributed by atoms with Crippen molar-refractivity contribution < 1.29 is 9.53 Å². The van der Waals surface area contributed by atoms with Crippen LogP contribution >= 0.6 is 0 Å². The van der Waals surface area contributed by atoms with Crippen LogP contribution in [-0.4, -0.2) is 13.1 Å². The van der Waals surface area contributed by atoms with Gasteiger partial charge in [0.1, 0.15) is 5.92 Å². The molecule has 0 radical (unpaired) electrons. The molecule has 0 amide bonds. The Hall–Kier alpha value is -1.95. The second-order valence-electron chi connectivity index (χ2n) is 3.06. The number of anilines is 1. The molecule has 3 heteroatoms. The number of rotatable bonds is 2. The Kier molecular flexibility index (Phi) is 1.90. The van der Waals surface area contributed by atoms with Gasteiger partial charge in [0.05, 0.1) is 12.7 Å². The molecule has 1 aliphatic rings. The van der Waals surface area contributed by atoms with Gasteiger partial charge in [0.15, 0.2) is 0 Å². The summed E-state index contributed by atoms with van der Waals surface area (Å²) in [4.78, 5) is 11.2. The number of carbonyl (C=O) groups excluding carboxylic acids is 1. The van der Waals surface area contributed by atoms with Crippen molar-refractivity contribution in [3.05, 3.63) is 29.3 Å². The third-order valence-corrected chi connectivity index (χ3v) is 2.11. The maximum Gasteiger partial charge on any atom is 0.337 e. The van der Waals surface area contributed by atoms with Gasteiger partial charge >= 0.3 is 5.97 Å².